The Morgan fingerprint density at radius 2 is 2.04 bits per heavy atom. The molecule has 4 amide bonds. The first-order valence-corrected chi connectivity index (χ1v) is 6.68. The summed E-state index contributed by atoms with van der Waals surface area (Å²) in [6.07, 6.45) is 4.17. The number of carbonyl (C=O) groups is 3. The average Bonchev–Trinajstić information content (AvgIpc) is 3.04. The normalized spacial score (nSPS) is 16.7. The van der Waals surface area contributed by atoms with Crippen LogP contribution in [0, 0.1) is 0 Å². The van der Waals surface area contributed by atoms with Crippen LogP contribution in [0.3, 0.4) is 0 Å². The van der Waals surface area contributed by atoms with Gasteiger partial charge in [-0.25, -0.2) is 9.69 Å². The molecule has 0 spiro atoms. The summed E-state index contributed by atoms with van der Waals surface area (Å²) in [5, 5.41) is 2.15. The molecule has 1 aliphatic heterocycles. The lowest BCUT2D eigenvalue weighted by atomic mass is 10.1. The first kappa shape index (κ1) is 14.6. The van der Waals surface area contributed by atoms with Crippen LogP contribution in [0.5, 0.6) is 5.75 Å². The van der Waals surface area contributed by atoms with Crippen molar-refractivity contribution >= 4 is 29.6 Å². The Hall–Kier alpha value is -3.35. The Bertz CT molecular complexity index is 808. The molecule has 2 aromatic rings. The molecule has 23 heavy (non-hydrogen) atoms. The zero-order valence-corrected chi connectivity index (χ0v) is 12.1. The van der Waals surface area contributed by atoms with E-state index in [1.54, 1.807) is 24.3 Å². The number of nitrogens with zero attached hydrogens (tertiary/aromatic N) is 1. The fourth-order valence-electron chi connectivity index (χ4n) is 2.17. The highest BCUT2D eigenvalue weighted by Crippen LogP contribution is 2.25. The second-order valence-corrected chi connectivity index (χ2v) is 4.72. The number of nitrogens with one attached hydrogen (secondary N) is 1. The van der Waals surface area contributed by atoms with E-state index in [4.69, 9.17) is 9.15 Å². The second kappa shape index (κ2) is 5.80. The van der Waals surface area contributed by atoms with Crippen LogP contribution in [0.15, 0.2) is 52.8 Å². The van der Waals surface area contributed by atoms with Gasteiger partial charge >= 0.3 is 6.03 Å². The molecular weight excluding hydrogens is 300 g/mol. The van der Waals surface area contributed by atoms with Crippen LogP contribution in [0.2, 0.25) is 0 Å². The van der Waals surface area contributed by atoms with E-state index in [2.05, 4.69) is 5.32 Å². The first-order chi connectivity index (χ1) is 11.1. The summed E-state index contributed by atoms with van der Waals surface area (Å²) in [5.41, 5.74) is 0.690. The molecule has 1 saturated heterocycles. The fourth-order valence-corrected chi connectivity index (χ4v) is 2.17. The number of benzene rings is 1. The largest absolute Gasteiger partial charge is 0.497 e. The minimum atomic E-state index is -0.808. The van der Waals surface area contributed by atoms with Crippen LogP contribution in [0.4, 0.5) is 10.5 Å². The number of imide groups is 2. The van der Waals surface area contributed by atoms with Crippen molar-refractivity contribution in [3.05, 3.63) is 54.0 Å². The maximum absolute atomic E-state index is 12.6. The molecule has 2 heterocycles. The maximum Gasteiger partial charge on any atom is 0.335 e. The van der Waals surface area contributed by atoms with E-state index in [1.807, 2.05) is 0 Å². The van der Waals surface area contributed by atoms with E-state index >= 15 is 0 Å². The zero-order valence-electron chi connectivity index (χ0n) is 12.1. The molecule has 0 aliphatic carbocycles. The van der Waals surface area contributed by atoms with Crippen molar-refractivity contribution < 1.29 is 23.5 Å². The van der Waals surface area contributed by atoms with Gasteiger partial charge in [0.1, 0.15) is 11.3 Å². The van der Waals surface area contributed by atoms with Crippen LogP contribution in [0.1, 0.15) is 5.56 Å². The summed E-state index contributed by atoms with van der Waals surface area (Å²) in [6.45, 7) is 0. The van der Waals surface area contributed by atoms with Crippen LogP contribution in [-0.4, -0.2) is 25.0 Å². The lowest BCUT2D eigenvalue weighted by Gasteiger charge is -2.26. The monoisotopic (exact) mass is 312 g/mol. The van der Waals surface area contributed by atoms with Gasteiger partial charge < -0.3 is 9.15 Å². The van der Waals surface area contributed by atoms with Crippen LogP contribution >= 0.6 is 0 Å². The van der Waals surface area contributed by atoms with Crippen molar-refractivity contribution in [3.63, 3.8) is 0 Å². The summed E-state index contributed by atoms with van der Waals surface area (Å²) in [7, 11) is 1.48. The van der Waals surface area contributed by atoms with Crippen LogP contribution in [-0.2, 0) is 9.59 Å². The molecule has 0 unspecified atom stereocenters. The van der Waals surface area contributed by atoms with Crippen molar-refractivity contribution in [2.45, 2.75) is 0 Å². The van der Waals surface area contributed by atoms with E-state index in [0.29, 0.717) is 17.0 Å². The van der Waals surface area contributed by atoms with Crippen molar-refractivity contribution in [2.24, 2.45) is 0 Å². The summed E-state index contributed by atoms with van der Waals surface area (Å²) >= 11 is 0. The van der Waals surface area contributed by atoms with Gasteiger partial charge in [-0.1, -0.05) is 6.07 Å². The third-order valence-corrected chi connectivity index (χ3v) is 3.27. The van der Waals surface area contributed by atoms with Gasteiger partial charge in [0.2, 0.25) is 0 Å². The molecule has 1 fully saturated rings. The maximum atomic E-state index is 12.6. The van der Waals surface area contributed by atoms with E-state index in [9.17, 15) is 14.4 Å². The van der Waals surface area contributed by atoms with Gasteiger partial charge in [-0.3, -0.25) is 14.9 Å². The number of methoxy groups -OCH3 is 1. The molecule has 0 bridgehead atoms. The van der Waals surface area contributed by atoms with Gasteiger partial charge in [-0.15, -0.1) is 0 Å². The Kier molecular flexibility index (Phi) is 3.68. The molecule has 1 aliphatic rings. The lowest BCUT2D eigenvalue weighted by Crippen LogP contribution is -2.54. The summed E-state index contributed by atoms with van der Waals surface area (Å²) in [4.78, 5) is 37.5. The van der Waals surface area contributed by atoms with Crippen LogP contribution < -0.4 is 15.0 Å². The minimum Gasteiger partial charge on any atom is -0.497 e. The van der Waals surface area contributed by atoms with Crippen molar-refractivity contribution in [1.82, 2.24) is 5.32 Å². The number of ether oxygens (including phenoxy) is 1. The summed E-state index contributed by atoms with van der Waals surface area (Å²) in [6, 6.07) is 7.22. The van der Waals surface area contributed by atoms with E-state index in [0.717, 1.165) is 4.90 Å². The standard InChI is InChI=1S/C16H12N2O5/c1-22-12-4-2-3-11(8-12)18-15(20)13(14(19)17-16(18)21)7-10-5-6-23-9-10/h2-9H,1H3,(H,17,19,21)/b13-7-. The average molecular weight is 312 g/mol. The first-order valence-electron chi connectivity index (χ1n) is 6.68. The van der Waals surface area contributed by atoms with Crippen molar-refractivity contribution in [1.29, 1.82) is 0 Å². The molecule has 7 nitrogen and oxygen atoms in total. The number of amides is 4. The number of hydrogen-bond donors (Lipinski definition) is 1. The predicted molar refractivity (Wildman–Crippen MR) is 80.7 cm³/mol. The highest BCUT2D eigenvalue weighted by atomic mass is 16.5. The smallest absolute Gasteiger partial charge is 0.335 e. The molecule has 1 aromatic carbocycles. The molecular formula is C16H12N2O5. The Morgan fingerprint density at radius 1 is 1.22 bits per heavy atom. The highest BCUT2D eigenvalue weighted by Gasteiger charge is 2.36. The lowest BCUT2D eigenvalue weighted by molar-refractivity contribution is -0.122. The molecule has 0 saturated carbocycles. The Morgan fingerprint density at radius 3 is 2.74 bits per heavy atom. The Balaban J connectivity index is 2.01. The number of carbonyl (C=O) groups excluding carboxylic acids is 3. The minimum absolute atomic E-state index is 0.159. The van der Waals surface area contributed by atoms with E-state index < -0.39 is 17.8 Å². The van der Waals surface area contributed by atoms with Gasteiger partial charge in [0.05, 0.1) is 25.3 Å². The Labute approximate surface area is 131 Å². The fraction of sp³-hybridized carbons (Fsp3) is 0.0625. The van der Waals surface area contributed by atoms with Gasteiger partial charge in [-0.2, -0.15) is 0 Å². The number of hydrogen-bond acceptors (Lipinski definition) is 5. The van der Waals surface area contributed by atoms with Gasteiger partial charge in [0.15, 0.2) is 0 Å². The number of rotatable bonds is 3. The molecule has 7 heteroatoms. The zero-order chi connectivity index (χ0) is 16.4. The number of anilines is 1. The topological polar surface area (TPSA) is 88.8 Å². The van der Waals surface area contributed by atoms with E-state index in [1.165, 1.54) is 31.8 Å². The summed E-state index contributed by atoms with van der Waals surface area (Å²) in [5.74, 6) is -0.978. The predicted octanol–water partition coefficient (Wildman–Crippen LogP) is 1.95. The third kappa shape index (κ3) is 2.71. The number of urea groups is 1. The van der Waals surface area contributed by atoms with Gasteiger partial charge in [0.25, 0.3) is 11.8 Å². The number of furan rings is 1. The second-order valence-electron chi connectivity index (χ2n) is 4.72. The molecule has 0 radical (unpaired) electrons. The van der Waals surface area contributed by atoms with E-state index in [-0.39, 0.29) is 5.57 Å². The van der Waals surface area contributed by atoms with Gasteiger partial charge in [-0.05, 0) is 24.3 Å². The molecule has 3 rings (SSSR count). The number of barbiturate groups is 1. The van der Waals surface area contributed by atoms with Crippen molar-refractivity contribution in [3.8, 4) is 5.75 Å². The molecule has 0 atom stereocenters. The quantitative estimate of drug-likeness (QED) is 0.691. The highest BCUT2D eigenvalue weighted by molar-refractivity contribution is 6.39. The van der Waals surface area contributed by atoms with Gasteiger partial charge in [0, 0.05) is 11.6 Å². The van der Waals surface area contributed by atoms with Crippen LogP contribution in [0.25, 0.3) is 6.08 Å². The molecule has 1 N–H and O–H groups in total. The third-order valence-electron chi connectivity index (χ3n) is 3.27. The SMILES string of the molecule is COc1cccc(N2C(=O)NC(=O)/C(=C/c3ccoc3)C2=O)c1. The summed E-state index contributed by atoms with van der Waals surface area (Å²) < 4.78 is 9.99. The molecule has 1 aromatic heterocycles. The van der Waals surface area contributed by atoms with Crippen molar-refractivity contribution in [2.75, 3.05) is 12.0 Å². The molecule has 116 valence electrons.